The van der Waals surface area contributed by atoms with Gasteiger partial charge in [-0.1, -0.05) is 23.7 Å². The number of rotatable bonds is 3. The molecule has 0 spiro atoms. The zero-order valence-corrected chi connectivity index (χ0v) is 12.9. The molecule has 0 radical (unpaired) electrons. The molecule has 0 atom stereocenters. The van der Waals surface area contributed by atoms with Crippen molar-refractivity contribution in [3.8, 4) is 0 Å². The summed E-state index contributed by atoms with van der Waals surface area (Å²) < 4.78 is 2.26. The van der Waals surface area contributed by atoms with Gasteiger partial charge in [0.15, 0.2) is 0 Å². The minimum absolute atomic E-state index is 0.113. The molecule has 3 nitrogen and oxygen atoms in total. The third-order valence-electron chi connectivity index (χ3n) is 3.64. The highest BCUT2D eigenvalue weighted by Gasteiger charge is 2.37. The maximum atomic E-state index is 11.4. The maximum Gasteiger partial charge on any atom is 0.218 e. The quantitative estimate of drug-likeness (QED) is 0.649. The lowest BCUT2D eigenvalue weighted by Gasteiger charge is -2.39. The second kappa shape index (κ2) is 5.75. The van der Waals surface area contributed by atoms with Crippen molar-refractivity contribution in [2.45, 2.75) is 24.7 Å². The first-order valence-corrected chi connectivity index (χ1v) is 7.31. The van der Waals surface area contributed by atoms with Crippen molar-refractivity contribution in [2.24, 2.45) is 5.73 Å². The van der Waals surface area contributed by atoms with E-state index >= 15 is 0 Å². The Morgan fingerprint density at radius 3 is 2.39 bits per heavy atom. The molecule has 1 fully saturated rings. The minimum Gasteiger partial charge on any atom is -0.370 e. The van der Waals surface area contributed by atoms with Crippen molar-refractivity contribution < 1.29 is 4.79 Å². The van der Waals surface area contributed by atoms with E-state index in [1.165, 1.54) is 5.56 Å². The molecule has 0 bridgehead atoms. The molecule has 1 heterocycles. The predicted octanol–water partition coefficient (Wildman–Crippen LogP) is 2.90. The van der Waals surface area contributed by atoms with E-state index in [4.69, 9.17) is 17.3 Å². The van der Waals surface area contributed by atoms with Gasteiger partial charge in [-0.3, -0.25) is 4.79 Å². The molecular weight excluding hydrogens is 363 g/mol. The number of piperidine rings is 1. The maximum absolute atomic E-state index is 11.4. The summed E-state index contributed by atoms with van der Waals surface area (Å²) in [7, 11) is 0. The highest BCUT2D eigenvalue weighted by molar-refractivity contribution is 14.1. The van der Waals surface area contributed by atoms with Crippen LogP contribution in [0, 0.1) is 0 Å². The van der Waals surface area contributed by atoms with Gasteiger partial charge in [0, 0.05) is 52.8 Å². The minimum atomic E-state index is -0.230. The Balaban J connectivity index is 2.29. The summed E-state index contributed by atoms with van der Waals surface area (Å²) in [6, 6.07) is 7.81. The van der Waals surface area contributed by atoms with Crippen molar-refractivity contribution in [2.75, 3.05) is 13.1 Å². The number of nitrogens with zero attached hydrogens (tertiary/aromatic N) is 1. The number of hydrogen-bond donors (Lipinski definition) is 1. The fourth-order valence-corrected chi connectivity index (χ4v) is 3.22. The zero-order valence-electron chi connectivity index (χ0n) is 10.0. The molecule has 1 aromatic carbocycles. The molecule has 2 N–H and O–H groups in total. The Bertz CT molecular complexity index is 427. The normalized spacial score (nSPS) is 19.7. The van der Waals surface area contributed by atoms with Crippen molar-refractivity contribution in [3.05, 3.63) is 34.9 Å². The largest absolute Gasteiger partial charge is 0.370 e. The smallest absolute Gasteiger partial charge is 0.218 e. The lowest BCUT2D eigenvalue weighted by Crippen LogP contribution is -2.41. The van der Waals surface area contributed by atoms with Crippen LogP contribution in [0.2, 0.25) is 5.02 Å². The van der Waals surface area contributed by atoms with Crippen LogP contribution >= 0.6 is 34.5 Å². The number of halogens is 2. The van der Waals surface area contributed by atoms with Gasteiger partial charge in [-0.05, 0) is 30.5 Å². The van der Waals surface area contributed by atoms with E-state index in [-0.39, 0.29) is 11.3 Å². The fraction of sp³-hybridized carbons (Fsp3) is 0.462. The molecule has 2 rings (SSSR count). The van der Waals surface area contributed by atoms with E-state index in [0.717, 1.165) is 31.0 Å². The average molecular weight is 379 g/mol. The van der Waals surface area contributed by atoms with Crippen molar-refractivity contribution in [1.82, 2.24) is 3.11 Å². The number of benzene rings is 1. The molecular formula is C13H16ClIN2O. The van der Waals surface area contributed by atoms with Gasteiger partial charge >= 0.3 is 0 Å². The highest BCUT2D eigenvalue weighted by atomic mass is 127. The number of carbonyl (C=O) groups is 1. The van der Waals surface area contributed by atoms with Crippen LogP contribution in [-0.2, 0) is 10.2 Å². The van der Waals surface area contributed by atoms with Crippen LogP contribution in [0.3, 0.4) is 0 Å². The first-order chi connectivity index (χ1) is 8.52. The van der Waals surface area contributed by atoms with E-state index in [1.807, 2.05) is 24.3 Å². The number of carbonyl (C=O) groups excluding carboxylic acids is 1. The van der Waals surface area contributed by atoms with Crippen LogP contribution in [0.15, 0.2) is 24.3 Å². The third-order valence-corrected chi connectivity index (χ3v) is 4.85. The average Bonchev–Trinajstić information content (AvgIpc) is 2.33. The SMILES string of the molecule is NC(=O)CC1(c2ccc(Cl)cc2)CCN(I)CC1. The third kappa shape index (κ3) is 3.16. The molecule has 1 amide bonds. The molecule has 0 aliphatic carbocycles. The topological polar surface area (TPSA) is 46.3 Å². The van der Waals surface area contributed by atoms with Gasteiger partial charge < -0.3 is 5.73 Å². The Morgan fingerprint density at radius 2 is 1.89 bits per heavy atom. The molecule has 0 unspecified atom stereocenters. The Kier molecular flexibility index (Phi) is 4.50. The van der Waals surface area contributed by atoms with Gasteiger partial charge in [0.05, 0.1) is 0 Å². The van der Waals surface area contributed by atoms with Crippen LogP contribution < -0.4 is 5.73 Å². The second-order valence-corrected chi connectivity index (χ2v) is 6.64. The molecule has 5 heteroatoms. The summed E-state index contributed by atoms with van der Waals surface area (Å²) >= 11 is 8.25. The molecule has 1 aliphatic heterocycles. The molecule has 0 aromatic heterocycles. The van der Waals surface area contributed by atoms with E-state index < -0.39 is 0 Å². The standard InChI is InChI=1S/C13H16ClIN2O/c14-11-3-1-10(2-4-11)13(9-12(16)18)5-7-17(15)8-6-13/h1-4H,5-9H2,(H2,16,18). The van der Waals surface area contributed by atoms with Gasteiger partial charge in [-0.15, -0.1) is 0 Å². The summed E-state index contributed by atoms with van der Waals surface area (Å²) in [6.45, 7) is 1.97. The van der Waals surface area contributed by atoms with Crippen LogP contribution in [0.25, 0.3) is 0 Å². The Hall–Kier alpha value is -0.330. The number of nitrogens with two attached hydrogens (primary N) is 1. The summed E-state index contributed by atoms with van der Waals surface area (Å²) in [4.78, 5) is 11.4. The molecule has 98 valence electrons. The summed E-state index contributed by atoms with van der Waals surface area (Å²) in [5.41, 5.74) is 6.49. The number of primary amides is 1. The predicted molar refractivity (Wildman–Crippen MR) is 81.8 cm³/mol. The van der Waals surface area contributed by atoms with Gasteiger partial charge in [0.1, 0.15) is 0 Å². The molecule has 1 saturated heterocycles. The van der Waals surface area contributed by atoms with E-state index in [0.29, 0.717) is 6.42 Å². The van der Waals surface area contributed by atoms with Gasteiger partial charge in [0.2, 0.25) is 5.91 Å². The van der Waals surface area contributed by atoms with Crippen LogP contribution in [-0.4, -0.2) is 22.1 Å². The Morgan fingerprint density at radius 1 is 1.33 bits per heavy atom. The van der Waals surface area contributed by atoms with Gasteiger partial charge in [-0.2, -0.15) is 0 Å². The van der Waals surface area contributed by atoms with Crippen LogP contribution in [0.5, 0.6) is 0 Å². The summed E-state index contributed by atoms with van der Waals surface area (Å²) in [5, 5.41) is 0.722. The molecule has 18 heavy (non-hydrogen) atoms. The van der Waals surface area contributed by atoms with Gasteiger partial charge in [-0.25, -0.2) is 3.11 Å². The van der Waals surface area contributed by atoms with E-state index in [2.05, 4.69) is 26.0 Å². The monoisotopic (exact) mass is 378 g/mol. The van der Waals surface area contributed by atoms with Crippen molar-refractivity contribution in [1.29, 1.82) is 0 Å². The van der Waals surface area contributed by atoms with Crippen LogP contribution in [0.1, 0.15) is 24.8 Å². The summed E-state index contributed by atoms with van der Waals surface area (Å²) in [6.07, 6.45) is 2.33. The zero-order chi connectivity index (χ0) is 13.2. The van der Waals surface area contributed by atoms with Crippen molar-refractivity contribution >= 4 is 40.4 Å². The number of amides is 1. The van der Waals surface area contributed by atoms with Gasteiger partial charge in [0.25, 0.3) is 0 Å². The van der Waals surface area contributed by atoms with Crippen LogP contribution in [0.4, 0.5) is 0 Å². The van der Waals surface area contributed by atoms with E-state index in [1.54, 1.807) is 0 Å². The number of hydrogen-bond acceptors (Lipinski definition) is 2. The fourth-order valence-electron chi connectivity index (χ4n) is 2.61. The summed E-state index contributed by atoms with van der Waals surface area (Å²) in [5.74, 6) is -0.230. The highest BCUT2D eigenvalue weighted by Crippen LogP contribution is 2.39. The first-order valence-electron chi connectivity index (χ1n) is 5.97. The molecule has 1 aromatic rings. The first kappa shape index (κ1) is 14.1. The lowest BCUT2D eigenvalue weighted by molar-refractivity contribution is -0.119. The molecule has 1 aliphatic rings. The molecule has 0 saturated carbocycles. The second-order valence-electron chi connectivity index (χ2n) is 4.84. The lowest BCUT2D eigenvalue weighted by atomic mass is 9.71. The van der Waals surface area contributed by atoms with E-state index in [9.17, 15) is 4.79 Å². The van der Waals surface area contributed by atoms with Crippen molar-refractivity contribution in [3.63, 3.8) is 0 Å². The Labute approximate surface area is 126 Å².